The lowest BCUT2D eigenvalue weighted by atomic mass is 10.1. The van der Waals surface area contributed by atoms with Crippen molar-refractivity contribution in [2.24, 2.45) is 0 Å². The molecule has 0 saturated carbocycles. The Morgan fingerprint density at radius 3 is 2.65 bits per heavy atom. The third-order valence-corrected chi connectivity index (χ3v) is 6.12. The molecule has 2 atom stereocenters. The fourth-order valence-corrected chi connectivity index (χ4v) is 4.29. The number of carbonyl (C=O) groups excluding carboxylic acids is 2. The second kappa shape index (κ2) is 9.90. The normalized spacial score (nSPS) is 20.6. The van der Waals surface area contributed by atoms with E-state index in [1.165, 1.54) is 6.07 Å². The van der Waals surface area contributed by atoms with Crippen molar-refractivity contribution < 1.29 is 19.1 Å². The summed E-state index contributed by atoms with van der Waals surface area (Å²) in [5, 5.41) is 3.64. The summed E-state index contributed by atoms with van der Waals surface area (Å²) in [5.74, 6) is 0.210. The number of likely N-dealkylation sites (tertiary alicyclic amines) is 1. The van der Waals surface area contributed by atoms with Crippen LogP contribution >= 0.6 is 23.2 Å². The van der Waals surface area contributed by atoms with E-state index in [-0.39, 0.29) is 17.9 Å². The molecule has 2 unspecified atom stereocenters. The minimum Gasteiger partial charge on any atom is -0.491 e. The molecular weight excluding hydrogens is 439 g/mol. The van der Waals surface area contributed by atoms with Crippen LogP contribution in [0.5, 0.6) is 5.75 Å². The van der Waals surface area contributed by atoms with E-state index < -0.39 is 6.04 Å². The van der Waals surface area contributed by atoms with Gasteiger partial charge in [-0.1, -0.05) is 23.2 Å². The molecule has 2 amide bonds. The van der Waals surface area contributed by atoms with E-state index in [1.807, 2.05) is 12.1 Å². The zero-order chi connectivity index (χ0) is 21.8. The molecule has 4 rings (SSSR count). The molecule has 2 aromatic rings. The van der Waals surface area contributed by atoms with Gasteiger partial charge in [-0.2, -0.15) is 0 Å². The van der Waals surface area contributed by atoms with Gasteiger partial charge >= 0.3 is 0 Å². The molecule has 8 heteroatoms. The maximum Gasteiger partial charge on any atom is 0.256 e. The molecule has 0 spiro atoms. The van der Waals surface area contributed by atoms with E-state index in [9.17, 15) is 9.59 Å². The van der Waals surface area contributed by atoms with Gasteiger partial charge in [0.25, 0.3) is 5.91 Å². The Kier molecular flexibility index (Phi) is 7.00. The Morgan fingerprint density at radius 2 is 1.90 bits per heavy atom. The fourth-order valence-electron chi connectivity index (χ4n) is 3.92. The van der Waals surface area contributed by atoms with Crippen LogP contribution in [-0.2, 0) is 9.53 Å². The first-order valence-corrected chi connectivity index (χ1v) is 11.2. The summed E-state index contributed by atoms with van der Waals surface area (Å²) < 4.78 is 11.3. The van der Waals surface area contributed by atoms with Crippen LogP contribution in [0.25, 0.3) is 0 Å². The lowest BCUT2D eigenvalue weighted by Gasteiger charge is -2.24. The molecule has 2 saturated heterocycles. The van der Waals surface area contributed by atoms with Gasteiger partial charge in [0.2, 0.25) is 5.91 Å². The van der Waals surface area contributed by atoms with Crippen LogP contribution in [0.15, 0.2) is 42.5 Å². The predicted molar refractivity (Wildman–Crippen MR) is 120 cm³/mol. The number of benzene rings is 2. The highest BCUT2D eigenvalue weighted by Gasteiger charge is 2.35. The highest BCUT2D eigenvalue weighted by atomic mass is 35.5. The third-order valence-electron chi connectivity index (χ3n) is 5.56. The number of hydrogen-bond acceptors (Lipinski definition) is 4. The number of hydrogen-bond donors (Lipinski definition) is 1. The summed E-state index contributed by atoms with van der Waals surface area (Å²) in [6.07, 6.45) is 3.59. The van der Waals surface area contributed by atoms with Crippen molar-refractivity contribution in [1.29, 1.82) is 0 Å². The van der Waals surface area contributed by atoms with Gasteiger partial charge in [0.1, 0.15) is 18.4 Å². The number of amides is 2. The summed E-state index contributed by atoms with van der Waals surface area (Å²) in [7, 11) is 0. The first-order valence-electron chi connectivity index (χ1n) is 10.4. The molecule has 0 radical (unpaired) electrons. The van der Waals surface area contributed by atoms with Crippen LogP contribution in [0, 0.1) is 0 Å². The molecule has 2 aromatic carbocycles. The molecule has 31 heavy (non-hydrogen) atoms. The van der Waals surface area contributed by atoms with Crippen molar-refractivity contribution in [3.63, 3.8) is 0 Å². The topological polar surface area (TPSA) is 67.9 Å². The maximum absolute atomic E-state index is 13.0. The van der Waals surface area contributed by atoms with Crippen LogP contribution in [0.4, 0.5) is 5.69 Å². The summed E-state index contributed by atoms with van der Waals surface area (Å²) in [6, 6.07) is 11.4. The van der Waals surface area contributed by atoms with Crippen LogP contribution in [0.3, 0.4) is 0 Å². The largest absolute Gasteiger partial charge is 0.491 e. The Labute approximate surface area is 191 Å². The van der Waals surface area contributed by atoms with Crippen molar-refractivity contribution in [2.75, 3.05) is 25.1 Å². The standard InChI is InChI=1S/C23H24Cl2N2O4/c24-15-5-10-20(25)19(13-15)23(29)27-11-1-4-21(27)22(28)26-16-6-8-17(9-7-16)31-14-18-3-2-12-30-18/h5-10,13,18,21H,1-4,11-12,14H2,(H,26,28). The zero-order valence-electron chi connectivity index (χ0n) is 17.0. The van der Waals surface area contributed by atoms with Gasteiger partial charge in [0.15, 0.2) is 0 Å². The van der Waals surface area contributed by atoms with Gasteiger partial charge in [0, 0.05) is 23.9 Å². The summed E-state index contributed by atoms with van der Waals surface area (Å²) in [6.45, 7) is 1.82. The Morgan fingerprint density at radius 1 is 1.10 bits per heavy atom. The van der Waals surface area contributed by atoms with Crippen LogP contribution in [0.1, 0.15) is 36.0 Å². The number of ether oxygens (including phenoxy) is 2. The van der Waals surface area contributed by atoms with E-state index in [2.05, 4.69) is 5.32 Å². The smallest absolute Gasteiger partial charge is 0.256 e. The zero-order valence-corrected chi connectivity index (χ0v) is 18.5. The number of nitrogens with zero attached hydrogens (tertiary/aromatic N) is 1. The lowest BCUT2D eigenvalue weighted by Crippen LogP contribution is -2.43. The first-order chi connectivity index (χ1) is 15.0. The number of carbonyl (C=O) groups is 2. The summed E-state index contributed by atoms with van der Waals surface area (Å²) in [5.41, 5.74) is 0.955. The van der Waals surface area contributed by atoms with Gasteiger partial charge in [-0.25, -0.2) is 0 Å². The maximum atomic E-state index is 13.0. The fraction of sp³-hybridized carbons (Fsp3) is 0.391. The van der Waals surface area contributed by atoms with E-state index in [0.717, 1.165) is 31.6 Å². The number of anilines is 1. The van der Waals surface area contributed by atoms with E-state index in [1.54, 1.807) is 29.2 Å². The minimum absolute atomic E-state index is 0.151. The molecule has 0 aliphatic carbocycles. The van der Waals surface area contributed by atoms with E-state index in [4.69, 9.17) is 32.7 Å². The summed E-state index contributed by atoms with van der Waals surface area (Å²) >= 11 is 12.2. The highest BCUT2D eigenvalue weighted by Crippen LogP contribution is 2.27. The second-order valence-electron chi connectivity index (χ2n) is 7.74. The quantitative estimate of drug-likeness (QED) is 0.669. The van der Waals surface area contributed by atoms with E-state index in [0.29, 0.717) is 40.9 Å². The summed E-state index contributed by atoms with van der Waals surface area (Å²) in [4.78, 5) is 27.4. The van der Waals surface area contributed by atoms with Gasteiger partial charge in [0.05, 0.1) is 16.7 Å². The molecule has 6 nitrogen and oxygen atoms in total. The molecule has 2 aliphatic heterocycles. The second-order valence-corrected chi connectivity index (χ2v) is 8.58. The Bertz CT molecular complexity index is 945. The van der Waals surface area contributed by atoms with Crippen molar-refractivity contribution in [3.8, 4) is 5.75 Å². The number of nitrogens with one attached hydrogen (secondary N) is 1. The minimum atomic E-state index is -0.557. The Balaban J connectivity index is 1.37. The molecular formula is C23H24Cl2N2O4. The molecule has 1 N–H and O–H groups in total. The highest BCUT2D eigenvalue weighted by molar-refractivity contribution is 6.35. The lowest BCUT2D eigenvalue weighted by molar-refractivity contribution is -0.119. The molecule has 2 aliphatic rings. The van der Waals surface area contributed by atoms with Crippen LogP contribution in [-0.4, -0.2) is 48.6 Å². The average Bonchev–Trinajstić information content (AvgIpc) is 3.46. The third kappa shape index (κ3) is 5.32. The first kappa shape index (κ1) is 21.9. The monoisotopic (exact) mass is 462 g/mol. The predicted octanol–water partition coefficient (Wildman–Crippen LogP) is 4.79. The van der Waals surface area contributed by atoms with Gasteiger partial charge < -0.3 is 19.7 Å². The van der Waals surface area contributed by atoms with Crippen molar-refractivity contribution in [2.45, 2.75) is 37.8 Å². The SMILES string of the molecule is O=C(Nc1ccc(OCC2CCCO2)cc1)C1CCCN1C(=O)c1cc(Cl)ccc1Cl. The number of halogens is 2. The van der Waals surface area contributed by atoms with Gasteiger partial charge in [-0.05, 0) is 68.1 Å². The molecule has 0 bridgehead atoms. The van der Waals surface area contributed by atoms with Crippen LogP contribution in [0.2, 0.25) is 10.0 Å². The van der Waals surface area contributed by atoms with Crippen molar-refractivity contribution in [3.05, 3.63) is 58.1 Å². The molecule has 2 heterocycles. The molecule has 0 aromatic heterocycles. The van der Waals surface area contributed by atoms with Crippen molar-refractivity contribution >= 4 is 40.7 Å². The van der Waals surface area contributed by atoms with Gasteiger partial charge in [-0.3, -0.25) is 9.59 Å². The molecule has 164 valence electrons. The molecule has 2 fully saturated rings. The number of rotatable bonds is 6. The average molecular weight is 463 g/mol. The van der Waals surface area contributed by atoms with Crippen LogP contribution < -0.4 is 10.1 Å². The van der Waals surface area contributed by atoms with Crippen molar-refractivity contribution in [1.82, 2.24) is 4.90 Å². The Hall–Kier alpha value is -2.28. The van der Waals surface area contributed by atoms with E-state index >= 15 is 0 Å². The van der Waals surface area contributed by atoms with Gasteiger partial charge in [-0.15, -0.1) is 0 Å².